The average Bonchev–Trinajstić information content (AvgIpc) is 2.65. The maximum Gasteiger partial charge on any atom is 0.322 e. The zero-order valence-electron chi connectivity index (χ0n) is 7.83. The Morgan fingerprint density at radius 2 is 2.33 bits per heavy atom. The molecule has 1 saturated heterocycles. The number of carbonyl (C=O) groups excluding carboxylic acids is 1. The normalized spacial score (nSPS) is 14.9. The molecule has 2 rings (SSSR count). The van der Waals surface area contributed by atoms with E-state index in [1.807, 2.05) is 6.07 Å². The second kappa shape index (κ2) is 3.79. The van der Waals surface area contributed by atoms with Gasteiger partial charge in [-0.25, -0.2) is 4.79 Å². The Morgan fingerprint density at radius 1 is 1.53 bits per heavy atom. The summed E-state index contributed by atoms with van der Waals surface area (Å²) in [5, 5.41) is 11.9. The van der Waals surface area contributed by atoms with Crippen LogP contribution in [0.4, 0.5) is 10.5 Å². The summed E-state index contributed by atoms with van der Waals surface area (Å²) < 4.78 is 0. The quantitative estimate of drug-likeness (QED) is 0.786. The van der Waals surface area contributed by atoms with Crippen molar-refractivity contribution >= 4 is 23.3 Å². The fraction of sp³-hybridized carbons (Fsp3) is 0.200. The van der Waals surface area contributed by atoms with E-state index in [0.717, 1.165) is 0 Å². The highest BCUT2D eigenvalue weighted by molar-refractivity contribution is 6.33. The number of hydrogen-bond acceptors (Lipinski definition) is 2. The van der Waals surface area contributed by atoms with Gasteiger partial charge in [-0.2, -0.15) is 5.26 Å². The van der Waals surface area contributed by atoms with Crippen LogP contribution in [0.2, 0.25) is 5.02 Å². The second-order valence-electron chi connectivity index (χ2n) is 3.16. The van der Waals surface area contributed by atoms with Gasteiger partial charge in [0.25, 0.3) is 0 Å². The molecule has 5 heteroatoms. The Hall–Kier alpha value is -1.73. The van der Waals surface area contributed by atoms with Gasteiger partial charge in [-0.05, 0) is 18.2 Å². The molecule has 1 aromatic rings. The van der Waals surface area contributed by atoms with Crippen LogP contribution in [0, 0.1) is 11.3 Å². The average molecular weight is 222 g/mol. The smallest absolute Gasteiger partial charge is 0.322 e. The Labute approximate surface area is 92.1 Å². The topological polar surface area (TPSA) is 56.1 Å². The van der Waals surface area contributed by atoms with Crippen molar-refractivity contribution in [1.29, 1.82) is 5.26 Å². The molecule has 0 saturated carbocycles. The number of anilines is 1. The number of hydrogen-bond donors (Lipinski definition) is 1. The molecule has 76 valence electrons. The van der Waals surface area contributed by atoms with E-state index in [1.165, 1.54) is 4.90 Å². The van der Waals surface area contributed by atoms with Crippen molar-refractivity contribution in [3.05, 3.63) is 28.8 Å². The number of halogens is 1. The zero-order chi connectivity index (χ0) is 10.8. The van der Waals surface area contributed by atoms with E-state index >= 15 is 0 Å². The third-order valence-corrected chi connectivity index (χ3v) is 2.54. The van der Waals surface area contributed by atoms with Gasteiger partial charge in [0.15, 0.2) is 0 Å². The first kappa shape index (κ1) is 9.81. The molecule has 0 atom stereocenters. The number of benzene rings is 1. The lowest BCUT2D eigenvalue weighted by Crippen LogP contribution is -2.27. The summed E-state index contributed by atoms with van der Waals surface area (Å²) in [4.78, 5) is 12.9. The van der Waals surface area contributed by atoms with Crippen LogP contribution in [0.15, 0.2) is 18.2 Å². The summed E-state index contributed by atoms with van der Waals surface area (Å²) >= 11 is 5.97. The zero-order valence-corrected chi connectivity index (χ0v) is 8.58. The van der Waals surface area contributed by atoms with Gasteiger partial charge in [0.05, 0.1) is 22.3 Å². The van der Waals surface area contributed by atoms with Gasteiger partial charge < -0.3 is 5.32 Å². The second-order valence-corrected chi connectivity index (χ2v) is 3.57. The number of carbonyl (C=O) groups is 1. The molecule has 1 N–H and O–H groups in total. The first-order valence-corrected chi connectivity index (χ1v) is 4.85. The molecule has 0 aromatic heterocycles. The molecule has 1 aliphatic heterocycles. The Balaban J connectivity index is 2.43. The molecule has 4 nitrogen and oxygen atoms in total. The van der Waals surface area contributed by atoms with Crippen LogP contribution < -0.4 is 10.2 Å². The lowest BCUT2D eigenvalue weighted by Gasteiger charge is -2.15. The van der Waals surface area contributed by atoms with Crippen molar-refractivity contribution in [3.8, 4) is 6.07 Å². The van der Waals surface area contributed by atoms with Crippen molar-refractivity contribution in [1.82, 2.24) is 5.32 Å². The largest absolute Gasteiger partial charge is 0.336 e. The summed E-state index contributed by atoms with van der Waals surface area (Å²) in [6, 6.07) is 6.71. The first-order chi connectivity index (χ1) is 7.22. The third-order valence-electron chi connectivity index (χ3n) is 2.22. The van der Waals surface area contributed by atoms with Crippen LogP contribution in [0.25, 0.3) is 0 Å². The summed E-state index contributed by atoms with van der Waals surface area (Å²) in [5.41, 5.74) is 1.08. The van der Waals surface area contributed by atoms with Gasteiger partial charge in [-0.3, -0.25) is 4.90 Å². The van der Waals surface area contributed by atoms with Crippen LogP contribution in [0.3, 0.4) is 0 Å². The summed E-state index contributed by atoms with van der Waals surface area (Å²) in [5.74, 6) is 0. The number of rotatable bonds is 1. The van der Waals surface area contributed by atoms with Gasteiger partial charge in [0.1, 0.15) is 0 Å². The summed E-state index contributed by atoms with van der Waals surface area (Å²) in [6.07, 6.45) is 0. The van der Waals surface area contributed by atoms with Crippen molar-refractivity contribution in [3.63, 3.8) is 0 Å². The Bertz CT molecular complexity index is 452. The minimum Gasteiger partial charge on any atom is -0.336 e. The Kier molecular flexibility index (Phi) is 2.48. The predicted molar refractivity (Wildman–Crippen MR) is 56.9 cm³/mol. The van der Waals surface area contributed by atoms with Crippen LogP contribution in [-0.4, -0.2) is 19.1 Å². The molecule has 2 amide bonds. The molecule has 15 heavy (non-hydrogen) atoms. The molecule has 0 unspecified atom stereocenters. The molecule has 1 fully saturated rings. The standard InChI is InChI=1S/C10H8ClN3O/c11-8-2-1-7(6-12)5-9(8)14-4-3-13-10(14)15/h1-2,5H,3-4H2,(H,13,15). The summed E-state index contributed by atoms with van der Waals surface area (Å²) in [7, 11) is 0. The van der Waals surface area contributed by atoms with Gasteiger partial charge in [0, 0.05) is 13.1 Å². The minimum absolute atomic E-state index is 0.174. The molecular weight excluding hydrogens is 214 g/mol. The lowest BCUT2D eigenvalue weighted by molar-refractivity contribution is 0.252. The minimum atomic E-state index is -0.174. The van der Waals surface area contributed by atoms with Gasteiger partial charge >= 0.3 is 6.03 Å². The molecular formula is C10H8ClN3O. The van der Waals surface area contributed by atoms with E-state index in [-0.39, 0.29) is 6.03 Å². The van der Waals surface area contributed by atoms with E-state index < -0.39 is 0 Å². The highest BCUT2D eigenvalue weighted by Gasteiger charge is 2.23. The third kappa shape index (κ3) is 1.74. The molecule has 0 aliphatic carbocycles. The van der Waals surface area contributed by atoms with Gasteiger partial charge in [-0.1, -0.05) is 11.6 Å². The lowest BCUT2D eigenvalue weighted by atomic mass is 10.2. The number of nitriles is 1. The predicted octanol–water partition coefficient (Wildman–Crippen LogP) is 1.74. The number of urea groups is 1. The Morgan fingerprint density at radius 3 is 2.93 bits per heavy atom. The SMILES string of the molecule is N#Cc1ccc(Cl)c(N2CCNC2=O)c1. The molecule has 0 radical (unpaired) electrons. The first-order valence-electron chi connectivity index (χ1n) is 4.47. The highest BCUT2D eigenvalue weighted by atomic mass is 35.5. The van der Waals surface area contributed by atoms with Crippen LogP contribution >= 0.6 is 11.6 Å². The summed E-state index contributed by atoms with van der Waals surface area (Å²) in [6.45, 7) is 1.18. The van der Waals surface area contributed by atoms with Crippen molar-refractivity contribution in [2.45, 2.75) is 0 Å². The van der Waals surface area contributed by atoms with Crippen molar-refractivity contribution in [2.75, 3.05) is 18.0 Å². The monoisotopic (exact) mass is 221 g/mol. The van der Waals surface area contributed by atoms with Crippen LogP contribution in [-0.2, 0) is 0 Å². The van der Waals surface area contributed by atoms with E-state index in [2.05, 4.69) is 5.32 Å². The van der Waals surface area contributed by atoms with E-state index in [9.17, 15) is 4.79 Å². The van der Waals surface area contributed by atoms with Crippen molar-refractivity contribution in [2.24, 2.45) is 0 Å². The molecule has 1 aromatic carbocycles. The van der Waals surface area contributed by atoms with Gasteiger partial charge in [-0.15, -0.1) is 0 Å². The fourth-order valence-corrected chi connectivity index (χ4v) is 1.71. The number of nitrogens with one attached hydrogen (secondary N) is 1. The molecule has 1 heterocycles. The van der Waals surface area contributed by atoms with E-state index in [0.29, 0.717) is 29.4 Å². The fourth-order valence-electron chi connectivity index (χ4n) is 1.49. The number of nitrogens with zero attached hydrogens (tertiary/aromatic N) is 2. The molecule has 1 aliphatic rings. The maximum atomic E-state index is 11.4. The molecule has 0 bridgehead atoms. The maximum absolute atomic E-state index is 11.4. The van der Waals surface area contributed by atoms with Gasteiger partial charge in [0.2, 0.25) is 0 Å². The van der Waals surface area contributed by atoms with Crippen molar-refractivity contribution < 1.29 is 4.79 Å². The van der Waals surface area contributed by atoms with Crippen LogP contribution in [0.5, 0.6) is 0 Å². The van der Waals surface area contributed by atoms with E-state index in [1.54, 1.807) is 18.2 Å². The highest BCUT2D eigenvalue weighted by Crippen LogP contribution is 2.27. The molecule has 0 spiro atoms. The van der Waals surface area contributed by atoms with E-state index in [4.69, 9.17) is 16.9 Å². The van der Waals surface area contributed by atoms with Crippen LogP contribution in [0.1, 0.15) is 5.56 Å². The number of amides is 2.